The van der Waals surface area contributed by atoms with Crippen LogP contribution in [0.25, 0.3) is 0 Å². The summed E-state index contributed by atoms with van der Waals surface area (Å²) >= 11 is 0. The number of carbonyl (C=O) groups excluding carboxylic acids is 1. The Labute approximate surface area is 193 Å². The fourth-order valence-electron chi connectivity index (χ4n) is 4.56. The summed E-state index contributed by atoms with van der Waals surface area (Å²) in [6.07, 6.45) is -17.6. The number of aliphatic hydroxyl groups excluding tert-OH is 10. The standard InChI is InChI=1S/C19H33NO14/c1-5-8(20-9-12(28)13(29)16(31)19(4-23)17(9)34-19)11(27)14(30)18(32-5)33-15(7(25)3-22)10(26)6(24)2-21/h5-9,11-18,20-25,27-31H,2-4H2,1H3. The number of rotatable bonds is 10. The van der Waals surface area contributed by atoms with Gasteiger partial charge in [-0.1, -0.05) is 0 Å². The normalized spacial score (nSPS) is 46.9. The van der Waals surface area contributed by atoms with Gasteiger partial charge in [-0.15, -0.1) is 0 Å². The average molecular weight is 499 g/mol. The molecule has 34 heavy (non-hydrogen) atoms. The van der Waals surface area contributed by atoms with E-state index in [1.807, 2.05) is 0 Å². The van der Waals surface area contributed by atoms with Crippen molar-refractivity contribution in [3.63, 3.8) is 0 Å². The van der Waals surface area contributed by atoms with Crippen molar-refractivity contribution in [1.82, 2.24) is 5.32 Å². The van der Waals surface area contributed by atoms with E-state index < -0.39 is 111 Å². The number of hydrogen-bond acceptors (Lipinski definition) is 15. The summed E-state index contributed by atoms with van der Waals surface area (Å²) in [5.41, 5.74) is -1.49. The zero-order valence-electron chi connectivity index (χ0n) is 18.2. The summed E-state index contributed by atoms with van der Waals surface area (Å²) < 4.78 is 16.2. The maximum absolute atomic E-state index is 12.2. The minimum Gasteiger partial charge on any atom is -0.394 e. The molecule has 15 nitrogen and oxygen atoms in total. The van der Waals surface area contributed by atoms with Crippen molar-refractivity contribution in [1.29, 1.82) is 0 Å². The first kappa shape index (κ1) is 27.7. The average Bonchev–Trinajstić information content (AvgIpc) is 3.58. The molecule has 198 valence electrons. The van der Waals surface area contributed by atoms with Crippen molar-refractivity contribution in [3.8, 4) is 0 Å². The molecule has 2 aliphatic heterocycles. The topological polar surface area (TPSA) is 262 Å². The third-order valence-corrected chi connectivity index (χ3v) is 6.72. The molecule has 14 atom stereocenters. The monoisotopic (exact) mass is 499 g/mol. The van der Waals surface area contributed by atoms with Crippen molar-refractivity contribution >= 4 is 5.78 Å². The number of hydrogen-bond donors (Lipinski definition) is 11. The second-order valence-corrected chi connectivity index (χ2v) is 8.89. The van der Waals surface area contributed by atoms with Gasteiger partial charge < -0.3 is 70.6 Å². The van der Waals surface area contributed by atoms with Gasteiger partial charge in [0.2, 0.25) is 0 Å². The fourth-order valence-corrected chi connectivity index (χ4v) is 4.56. The lowest BCUT2D eigenvalue weighted by atomic mass is 9.79. The maximum atomic E-state index is 12.2. The van der Waals surface area contributed by atoms with E-state index in [4.69, 9.17) is 19.3 Å². The third-order valence-electron chi connectivity index (χ3n) is 6.72. The van der Waals surface area contributed by atoms with Crippen LogP contribution in [0.2, 0.25) is 0 Å². The van der Waals surface area contributed by atoms with Crippen LogP contribution in [0, 0.1) is 0 Å². The lowest BCUT2D eigenvalue weighted by molar-refractivity contribution is -0.292. The maximum Gasteiger partial charge on any atom is 0.195 e. The Balaban J connectivity index is 1.71. The van der Waals surface area contributed by atoms with Gasteiger partial charge in [0.05, 0.1) is 38.0 Å². The molecule has 0 aromatic heterocycles. The Hall–Kier alpha value is -0.890. The highest BCUT2D eigenvalue weighted by atomic mass is 16.7. The van der Waals surface area contributed by atoms with Crippen LogP contribution in [0.5, 0.6) is 0 Å². The molecule has 0 bridgehead atoms. The number of fused-ring (bicyclic) bond motifs is 1. The highest BCUT2D eigenvalue weighted by molar-refractivity contribution is 5.87. The van der Waals surface area contributed by atoms with Crippen molar-refractivity contribution in [3.05, 3.63) is 0 Å². The van der Waals surface area contributed by atoms with Crippen molar-refractivity contribution < 1.29 is 70.1 Å². The Kier molecular flexibility index (Phi) is 8.65. The van der Waals surface area contributed by atoms with Gasteiger partial charge in [0.25, 0.3) is 0 Å². The number of carbonyl (C=O) groups is 1. The molecule has 0 radical (unpaired) electrons. The molecule has 1 aliphatic carbocycles. The Bertz CT molecular complexity index is 714. The van der Waals surface area contributed by atoms with Gasteiger partial charge in [-0.2, -0.15) is 0 Å². The van der Waals surface area contributed by atoms with E-state index in [1.54, 1.807) is 0 Å². The Morgan fingerprint density at radius 2 is 1.59 bits per heavy atom. The number of ketones is 1. The SMILES string of the molecule is CC1OC(OC(C(=O)C(O)CO)C(O)CO)C(O)C(O)C1NC1C(O)C(O)C(O)C2(CO)OC12. The summed E-state index contributed by atoms with van der Waals surface area (Å²) in [5.74, 6) is -1.19. The van der Waals surface area contributed by atoms with E-state index in [0.29, 0.717) is 0 Å². The largest absolute Gasteiger partial charge is 0.394 e. The predicted octanol–water partition coefficient (Wildman–Crippen LogP) is -7.33. The van der Waals surface area contributed by atoms with Crippen LogP contribution in [0.4, 0.5) is 0 Å². The molecule has 2 saturated heterocycles. The molecular weight excluding hydrogens is 466 g/mol. The number of epoxide rings is 1. The highest BCUT2D eigenvalue weighted by Gasteiger charge is 2.71. The van der Waals surface area contributed by atoms with E-state index in [-0.39, 0.29) is 0 Å². The molecule has 0 amide bonds. The van der Waals surface area contributed by atoms with E-state index >= 15 is 0 Å². The second kappa shape index (κ2) is 10.6. The summed E-state index contributed by atoms with van der Waals surface area (Å²) in [5, 5.41) is 102. The molecule has 3 fully saturated rings. The Morgan fingerprint density at radius 3 is 2.15 bits per heavy atom. The molecule has 2 heterocycles. The van der Waals surface area contributed by atoms with Gasteiger partial charge >= 0.3 is 0 Å². The highest BCUT2D eigenvalue weighted by Crippen LogP contribution is 2.48. The molecule has 0 aromatic carbocycles. The van der Waals surface area contributed by atoms with Crippen LogP contribution in [-0.2, 0) is 19.0 Å². The van der Waals surface area contributed by atoms with E-state index in [1.165, 1.54) is 6.92 Å². The van der Waals surface area contributed by atoms with Crippen LogP contribution in [0.1, 0.15) is 6.92 Å². The van der Waals surface area contributed by atoms with Crippen LogP contribution in [-0.4, -0.2) is 162 Å². The van der Waals surface area contributed by atoms with Gasteiger partial charge in [0, 0.05) is 0 Å². The van der Waals surface area contributed by atoms with Gasteiger partial charge in [-0.3, -0.25) is 4.79 Å². The van der Waals surface area contributed by atoms with Gasteiger partial charge in [0.1, 0.15) is 60.5 Å². The molecule has 3 aliphatic rings. The van der Waals surface area contributed by atoms with Gasteiger partial charge in [0.15, 0.2) is 12.1 Å². The molecule has 14 unspecified atom stereocenters. The Morgan fingerprint density at radius 1 is 0.971 bits per heavy atom. The summed E-state index contributed by atoms with van der Waals surface area (Å²) in [4.78, 5) is 12.2. The predicted molar refractivity (Wildman–Crippen MR) is 106 cm³/mol. The minimum atomic E-state index is -1.94. The number of Topliss-reactive ketones (excluding diaryl/α,β-unsaturated/α-hetero) is 1. The molecule has 11 N–H and O–H groups in total. The van der Waals surface area contributed by atoms with Gasteiger partial charge in [-0.25, -0.2) is 0 Å². The van der Waals surface area contributed by atoms with E-state index in [9.17, 15) is 50.8 Å². The van der Waals surface area contributed by atoms with E-state index in [2.05, 4.69) is 5.32 Å². The van der Waals surface area contributed by atoms with Crippen molar-refractivity contribution in [2.75, 3.05) is 19.8 Å². The first-order valence-electron chi connectivity index (χ1n) is 10.8. The lowest BCUT2D eigenvalue weighted by Crippen LogP contribution is -2.70. The van der Waals surface area contributed by atoms with Crippen molar-refractivity contribution in [2.45, 2.75) is 91.9 Å². The van der Waals surface area contributed by atoms with Crippen LogP contribution >= 0.6 is 0 Å². The lowest BCUT2D eigenvalue weighted by Gasteiger charge is -2.45. The molecule has 0 aromatic rings. The quantitative estimate of drug-likeness (QED) is 0.125. The van der Waals surface area contributed by atoms with Crippen LogP contribution in [0.3, 0.4) is 0 Å². The van der Waals surface area contributed by atoms with Crippen LogP contribution < -0.4 is 5.32 Å². The van der Waals surface area contributed by atoms with E-state index in [0.717, 1.165) is 0 Å². The summed E-state index contributed by atoms with van der Waals surface area (Å²) in [6.45, 7) is -1.14. The zero-order valence-corrected chi connectivity index (χ0v) is 18.2. The molecule has 0 spiro atoms. The second-order valence-electron chi connectivity index (χ2n) is 8.89. The number of aliphatic hydroxyl groups is 10. The van der Waals surface area contributed by atoms with Crippen molar-refractivity contribution in [2.24, 2.45) is 0 Å². The molecule has 1 saturated carbocycles. The molecule has 15 heteroatoms. The zero-order chi connectivity index (χ0) is 25.5. The first-order valence-corrected chi connectivity index (χ1v) is 10.8. The van der Waals surface area contributed by atoms with Gasteiger partial charge in [-0.05, 0) is 6.92 Å². The molecule has 3 rings (SSSR count). The number of nitrogens with one attached hydrogen (secondary N) is 1. The third kappa shape index (κ3) is 4.74. The summed E-state index contributed by atoms with van der Waals surface area (Å²) in [7, 11) is 0. The smallest absolute Gasteiger partial charge is 0.195 e. The summed E-state index contributed by atoms with van der Waals surface area (Å²) in [6, 6.07) is -2.18. The van der Waals surface area contributed by atoms with Crippen LogP contribution in [0.15, 0.2) is 0 Å². The minimum absolute atomic E-state index is 0.638. The first-order chi connectivity index (χ1) is 15.9. The fraction of sp³-hybridized carbons (Fsp3) is 0.947. The molecular formula is C19H33NO14. The number of ether oxygens (including phenoxy) is 3.